The van der Waals surface area contributed by atoms with Crippen molar-refractivity contribution in [1.29, 1.82) is 0 Å². The molecule has 3 aromatic rings. The first kappa shape index (κ1) is 27.7. The van der Waals surface area contributed by atoms with Gasteiger partial charge in [-0.15, -0.1) is 0 Å². The first-order valence-electron chi connectivity index (χ1n) is 13.1. The standard InChI is InChI=1S/C29H33N3O7/c1-3-37-27(34)24-14-15-25(28(35)38-4-2)32(24)26(33)23(16-20-17-30-22-13-9-8-12-21(20)22)31-29(36)39-18-19-10-6-5-7-11-19/h5-13,17,23-25,30H,3-4,14-16,18H2,1-2H3,(H,31,36)/t23-,24+,25+/m1/s1. The Hall–Kier alpha value is -4.34. The van der Waals surface area contributed by atoms with E-state index < -0.39 is 42.1 Å². The summed E-state index contributed by atoms with van der Waals surface area (Å²) in [5.41, 5.74) is 2.45. The van der Waals surface area contributed by atoms with E-state index in [-0.39, 0.29) is 39.1 Å². The molecule has 2 heterocycles. The lowest BCUT2D eigenvalue weighted by Gasteiger charge is -2.31. The smallest absolute Gasteiger partial charge is 0.408 e. The zero-order valence-corrected chi connectivity index (χ0v) is 22.1. The van der Waals surface area contributed by atoms with E-state index in [1.807, 2.05) is 54.6 Å². The molecule has 0 spiro atoms. The third-order valence-corrected chi connectivity index (χ3v) is 6.66. The summed E-state index contributed by atoms with van der Waals surface area (Å²) < 4.78 is 15.8. The van der Waals surface area contributed by atoms with Crippen molar-refractivity contribution in [1.82, 2.24) is 15.2 Å². The van der Waals surface area contributed by atoms with Crippen molar-refractivity contribution in [3.8, 4) is 0 Å². The molecule has 10 nitrogen and oxygen atoms in total. The Balaban J connectivity index is 1.62. The molecule has 39 heavy (non-hydrogen) atoms. The number of esters is 2. The van der Waals surface area contributed by atoms with Crippen LogP contribution in [-0.2, 0) is 41.6 Å². The SMILES string of the molecule is CCOC(=O)[C@@H]1CC[C@@H](C(=O)OCC)N1C(=O)[C@@H](Cc1c[nH]c2ccccc12)NC(=O)OCc1ccccc1. The maximum Gasteiger partial charge on any atom is 0.408 e. The van der Waals surface area contributed by atoms with Gasteiger partial charge in [0, 0.05) is 23.5 Å². The summed E-state index contributed by atoms with van der Waals surface area (Å²) in [4.78, 5) is 56.9. The highest BCUT2D eigenvalue weighted by Crippen LogP contribution is 2.29. The lowest BCUT2D eigenvalue weighted by molar-refractivity contribution is -0.160. The minimum absolute atomic E-state index is 0.0152. The van der Waals surface area contributed by atoms with E-state index in [0.29, 0.717) is 0 Å². The summed E-state index contributed by atoms with van der Waals surface area (Å²) in [5.74, 6) is -1.80. The third kappa shape index (κ3) is 6.57. The van der Waals surface area contributed by atoms with Crippen LogP contribution in [0, 0.1) is 0 Å². The number of carbonyl (C=O) groups excluding carboxylic acids is 4. The van der Waals surface area contributed by atoms with Crippen molar-refractivity contribution in [3.63, 3.8) is 0 Å². The quantitative estimate of drug-likeness (QED) is 0.301. The summed E-state index contributed by atoms with van der Waals surface area (Å²) in [5, 5.41) is 3.57. The molecule has 206 valence electrons. The van der Waals surface area contributed by atoms with E-state index in [1.54, 1.807) is 20.0 Å². The molecule has 0 unspecified atom stereocenters. The van der Waals surface area contributed by atoms with E-state index in [9.17, 15) is 19.2 Å². The number of nitrogens with zero attached hydrogens (tertiary/aromatic N) is 1. The van der Waals surface area contributed by atoms with Crippen LogP contribution < -0.4 is 5.32 Å². The summed E-state index contributed by atoms with van der Waals surface area (Å²) in [6, 6.07) is 13.7. The zero-order chi connectivity index (χ0) is 27.8. The first-order chi connectivity index (χ1) is 18.9. The van der Waals surface area contributed by atoms with E-state index in [1.165, 1.54) is 4.90 Å². The van der Waals surface area contributed by atoms with Gasteiger partial charge in [0.05, 0.1) is 13.2 Å². The molecule has 2 amide bonds. The number of H-pyrrole nitrogens is 1. The average Bonchev–Trinajstić information content (AvgIpc) is 3.57. The van der Waals surface area contributed by atoms with Crippen LogP contribution >= 0.6 is 0 Å². The number of amides is 2. The Labute approximate surface area is 226 Å². The number of ether oxygens (including phenoxy) is 3. The molecule has 0 aliphatic carbocycles. The largest absolute Gasteiger partial charge is 0.464 e. The molecule has 10 heteroatoms. The number of aromatic amines is 1. The molecule has 4 rings (SSSR count). The van der Waals surface area contributed by atoms with Gasteiger partial charge in [0.1, 0.15) is 24.7 Å². The van der Waals surface area contributed by atoms with Gasteiger partial charge in [-0.25, -0.2) is 14.4 Å². The van der Waals surface area contributed by atoms with Crippen LogP contribution in [0.15, 0.2) is 60.8 Å². The number of rotatable bonds is 10. The molecule has 1 aromatic heterocycles. The van der Waals surface area contributed by atoms with Crippen LogP contribution in [0.5, 0.6) is 0 Å². The van der Waals surface area contributed by atoms with Gasteiger partial charge in [-0.05, 0) is 43.9 Å². The number of likely N-dealkylation sites (tertiary alicyclic amines) is 1. The van der Waals surface area contributed by atoms with Crippen molar-refractivity contribution < 1.29 is 33.4 Å². The molecule has 0 bridgehead atoms. The summed E-state index contributed by atoms with van der Waals surface area (Å²) in [6.07, 6.45) is 1.57. The number of alkyl carbamates (subject to hydrolysis) is 1. The molecule has 1 saturated heterocycles. The molecule has 1 aliphatic heterocycles. The summed E-state index contributed by atoms with van der Waals surface area (Å²) in [7, 11) is 0. The monoisotopic (exact) mass is 535 g/mol. The van der Waals surface area contributed by atoms with Gasteiger partial charge in [-0.2, -0.15) is 0 Å². The molecule has 1 fully saturated rings. The minimum Gasteiger partial charge on any atom is -0.464 e. The van der Waals surface area contributed by atoms with Crippen LogP contribution in [0.25, 0.3) is 10.9 Å². The Kier molecular flexibility index (Phi) is 9.19. The van der Waals surface area contributed by atoms with Gasteiger partial charge in [0.15, 0.2) is 0 Å². The van der Waals surface area contributed by atoms with Crippen LogP contribution in [0.1, 0.15) is 37.8 Å². The predicted molar refractivity (Wildman–Crippen MR) is 142 cm³/mol. The second-order valence-electron chi connectivity index (χ2n) is 9.18. The van der Waals surface area contributed by atoms with Crippen LogP contribution in [0.3, 0.4) is 0 Å². The predicted octanol–water partition coefficient (Wildman–Crippen LogP) is 3.49. The third-order valence-electron chi connectivity index (χ3n) is 6.66. The highest BCUT2D eigenvalue weighted by atomic mass is 16.6. The van der Waals surface area contributed by atoms with Gasteiger partial charge in [-0.1, -0.05) is 48.5 Å². The van der Waals surface area contributed by atoms with Crippen molar-refractivity contribution in [2.45, 2.75) is 57.8 Å². The van der Waals surface area contributed by atoms with Gasteiger partial charge >= 0.3 is 18.0 Å². The van der Waals surface area contributed by atoms with Crippen molar-refractivity contribution >= 4 is 34.8 Å². The van der Waals surface area contributed by atoms with Gasteiger partial charge < -0.3 is 29.4 Å². The molecule has 1 aliphatic rings. The molecular weight excluding hydrogens is 502 g/mol. The number of carbonyl (C=O) groups is 4. The van der Waals surface area contributed by atoms with Gasteiger partial charge in [0.2, 0.25) is 5.91 Å². The maximum absolute atomic E-state index is 14.1. The highest BCUT2D eigenvalue weighted by Gasteiger charge is 2.47. The molecular formula is C29H33N3O7. The average molecular weight is 536 g/mol. The second kappa shape index (κ2) is 12.9. The number of hydrogen-bond acceptors (Lipinski definition) is 7. The number of hydrogen-bond donors (Lipinski definition) is 2. The van der Waals surface area contributed by atoms with Crippen LogP contribution in [0.4, 0.5) is 4.79 Å². The first-order valence-corrected chi connectivity index (χ1v) is 13.1. The van der Waals surface area contributed by atoms with E-state index in [4.69, 9.17) is 14.2 Å². The Bertz CT molecular complexity index is 1280. The van der Waals surface area contributed by atoms with Crippen molar-refractivity contribution in [2.24, 2.45) is 0 Å². The zero-order valence-electron chi connectivity index (χ0n) is 22.1. The second-order valence-corrected chi connectivity index (χ2v) is 9.18. The Morgan fingerprint density at radius 1 is 0.897 bits per heavy atom. The fourth-order valence-electron chi connectivity index (χ4n) is 4.87. The van der Waals surface area contributed by atoms with Gasteiger partial charge in [-0.3, -0.25) is 4.79 Å². The van der Waals surface area contributed by atoms with Crippen molar-refractivity contribution in [2.75, 3.05) is 13.2 Å². The van der Waals surface area contributed by atoms with Gasteiger partial charge in [0.25, 0.3) is 0 Å². The maximum atomic E-state index is 14.1. The number of fused-ring (bicyclic) bond motifs is 1. The summed E-state index contributed by atoms with van der Waals surface area (Å²) in [6.45, 7) is 3.62. The lowest BCUT2D eigenvalue weighted by atomic mass is 10.0. The Morgan fingerprint density at radius 3 is 2.15 bits per heavy atom. The number of para-hydroxylation sites is 1. The van der Waals surface area contributed by atoms with E-state index >= 15 is 0 Å². The number of benzene rings is 2. The normalized spacial score (nSPS) is 17.4. The molecule has 0 radical (unpaired) electrons. The number of nitrogens with one attached hydrogen (secondary N) is 2. The molecule has 0 saturated carbocycles. The topological polar surface area (TPSA) is 127 Å². The van der Waals surface area contributed by atoms with Crippen LogP contribution in [0.2, 0.25) is 0 Å². The molecule has 2 N–H and O–H groups in total. The van der Waals surface area contributed by atoms with Crippen LogP contribution in [-0.4, -0.2) is 65.2 Å². The molecule has 2 aromatic carbocycles. The fourth-order valence-corrected chi connectivity index (χ4v) is 4.87. The minimum atomic E-state index is -1.13. The fraction of sp³-hybridized carbons (Fsp3) is 0.379. The van der Waals surface area contributed by atoms with Crippen molar-refractivity contribution in [3.05, 3.63) is 71.9 Å². The number of aromatic nitrogens is 1. The summed E-state index contributed by atoms with van der Waals surface area (Å²) >= 11 is 0. The van der Waals surface area contributed by atoms with E-state index in [2.05, 4.69) is 10.3 Å². The lowest BCUT2D eigenvalue weighted by Crippen LogP contribution is -2.56. The highest BCUT2D eigenvalue weighted by molar-refractivity contribution is 5.95. The molecule has 3 atom stereocenters. The Morgan fingerprint density at radius 2 is 1.51 bits per heavy atom. The van der Waals surface area contributed by atoms with E-state index in [0.717, 1.165) is 22.0 Å².